The molecule has 30 heavy (non-hydrogen) atoms. The zero-order valence-corrected chi connectivity index (χ0v) is 17.5. The predicted octanol–water partition coefficient (Wildman–Crippen LogP) is 2.40. The summed E-state index contributed by atoms with van der Waals surface area (Å²) in [5.74, 6) is 1.16. The van der Waals surface area contributed by atoms with Crippen LogP contribution in [-0.4, -0.2) is 59.7 Å². The van der Waals surface area contributed by atoms with Crippen molar-refractivity contribution in [2.24, 2.45) is 5.92 Å². The number of ketones is 1. The molecule has 0 saturated carbocycles. The number of likely N-dealkylation sites (tertiary alicyclic amines) is 1. The van der Waals surface area contributed by atoms with Gasteiger partial charge in [-0.25, -0.2) is 4.98 Å². The van der Waals surface area contributed by atoms with E-state index in [2.05, 4.69) is 27.1 Å². The summed E-state index contributed by atoms with van der Waals surface area (Å²) < 4.78 is 5.26. The van der Waals surface area contributed by atoms with Crippen LogP contribution in [0.2, 0.25) is 0 Å². The largest absolute Gasteiger partial charge is 0.496 e. The molecule has 0 radical (unpaired) electrons. The van der Waals surface area contributed by atoms with Crippen LogP contribution < -0.4 is 15.8 Å². The molecule has 0 amide bonds. The van der Waals surface area contributed by atoms with E-state index < -0.39 is 0 Å². The Morgan fingerprint density at radius 1 is 1.33 bits per heavy atom. The molecule has 3 N–H and O–H groups in total. The highest BCUT2D eigenvalue weighted by molar-refractivity contribution is 6.13. The monoisotopic (exact) mass is 411 g/mol. The number of anilines is 2. The number of carbonyl (C=O) groups excluding carboxylic acids is 2. The number of nitrogens with zero attached hydrogens (tertiary/aromatic N) is 3. The maximum absolute atomic E-state index is 12.8. The SMILES string of the molecule is COc1ccccc1C(=O)c1cnc(NC2CCN(CC(C)CC=O)CC2)nc1N. The van der Waals surface area contributed by atoms with Gasteiger partial charge in [-0.15, -0.1) is 0 Å². The molecule has 3 rings (SSSR count). The number of hydrogen-bond donors (Lipinski definition) is 2. The molecule has 1 fully saturated rings. The number of nitrogens with two attached hydrogens (primary N) is 1. The van der Waals surface area contributed by atoms with E-state index in [-0.39, 0.29) is 23.2 Å². The molecule has 0 spiro atoms. The minimum absolute atomic E-state index is 0.142. The average Bonchev–Trinajstić information content (AvgIpc) is 2.75. The molecule has 1 aromatic carbocycles. The Kier molecular flexibility index (Phi) is 7.35. The minimum Gasteiger partial charge on any atom is -0.496 e. The Morgan fingerprint density at radius 2 is 2.07 bits per heavy atom. The predicted molar refractivity (Wildman–Crippen MR) is 116 cm³/mol. The number of para-hydroxylation sites is 1. The van der Waals surface area contributed by atoms with Crippen LogP contribution in [0.4, 0.5) is 11.8 Å². The molecule has 0 aliphatic carbocycles. The fraction of sp³-hybridized carbons (Fsp3) is 0.455. The molecule has 2 aromatic rings. The normalized spacial score (nSPS) is 16.1. The van der Waals surface area contributed by atoms with Crippen molar-refractivity contribution in [3.63, 3.8) is 0 Å². The Hall–Kier alpha value is -3.00. The van der Waals surface area contributed by atoms with Gasteiger partial charge in [0.15, 0.2) is 0 Å². The fourth-order valence-electron chi connectivity index (χ4n) is 3.74. The van der Waals surface area contributed by atoms with Crippen LogP contribution in [0.25, 0.3) is 0 Å². The summed E-state index contributed by atoms with van der Waals surface area (Å²) >= 11 is 0. The Balaban J connectivity index is 1.60. The standard InChI is InChI=1S/C22H29N5O3/c1-15(9-12-28)14-27-10-7-16(8-11-27)25-22-24-13-18(21(23)26-22)20(29)17-5-3-4-6-19(17)30-2/h3-6,12-13,15-16H,7-11,14H2,1-2H3,(H3,23,24,25,26). The quantitative estimate of drug-likeness (QED) is 0.478. The number of aldehydes is 1. The van der Waals surface area contributed by atoms with Crippen LogP contribution in [0.15, 0.2) is 30.5 Å². The van der Waals surface area contributed by atoms with Gasteiger partial charge in [-0.05, 0) is 30.9 Å². The third-order valence-corrected chi connectivity index (χ3v) is 5.40. The fourth-order valence-corrected chi connectivity index (χ4v) is 3.74. The third kappa shape index (κ3) is 5.33. The third-order valence-electron chi connectivity index (χ3n) is 5.40. The van der Waals surface area contributed by atoms with Crippen molar-refractivity contribution in [3.8, 4) is 5.75 Å². The molecular formula is C22H29N5O3. The molecule has 1 atom stereocenters. The lowest BCUT2D eigenvalue weighted by Crippen LogP contribution is -2.41. The van der Waals surface area contributed by atoms with E-state index >= 15 is 0 Å². The molecule has 1 saturated heterocycles. The maximum atomic E-state index is 12.8. The van der Waals surface area contributed by atoms with Gasteiger partial charge >= 0.3 is 0 Å². The minimum atomic E-state index is -0.269. The smallest absolute Gasteiger partial charge is 0.224 e. The first-order chi connectivity index (χ1) is 14.5. The summed E-state index contributed by atoms with van der Waals surface area (Å²) in [5, 5.41) is 3.33. The van der Waals surface area contributed by atoms with Crippen LogP contribution in [0.1, 0.15) is 42.1 Å². The second-order valence-electron chi connectivity index (χ2n) is 7.75. The van der Waals surface area contributed by atoms with Gasteiger partial charge in [-0.2, -0.15) is 4.98 Å². The number of carbonyl (C=O) groups is 2. The molecule has 2 heterocycles. The van der Waals surface area contributed by atoms with E-state index in [1.54, 1.807) is 24.3 Å². The molecule has 1 aliphatic rings. The van der Waals surface area contributed by atoms with Crippen LogP contribution in [0.3, 0.4) is 0 Å². The van der Waals surface area contributed by atoms with Crippen LogP contribution in [0, 0.1) is 5.92 Å². The van der Waals surface area contributed by atoms with Gasteiger partial charge in [-0.3, -0.25) is 4.79 Å². The summed E-state index contributed by atoms with van der Waals surface area (Å²) in [4.78, 5) is 34.5. The van der Waals surface area contributed by atoms with E-state index in [9.17, 15) is 9.59 Å². The number of rotatable bonds is 9. The number of aromatic nitrogens is 2. The van der Waals surface area contributed by atoms with E-state index in [1.165, 1.54) is 13.3 Å². The van der Waals surface area contributed by atoms with Gasteiger partial charge in [0.05, 0.1) is 18.2 Å². The van der Waals surface area contributed by atoms with Crippen molar-refractivity contribution in [1.29, 1.82) is 0 Å². The summed E-state index contributed by atoms with van der Waals surface area (Å²) in [5.41, 5.74) is 6.75. The second-order valence-corrected chi connectivity index (χ2v) is 7.75. The van der Waals surface area contributed by atoms with Gasteiger partial charge in [0.1, 0.15) is 17.9 Å². The van der Waals surface area contributed by atoms with E-state index in [4.69, 9.17) is 10.5 Å². The lowest BCUT2D eigenvalue weighted by atomic mass is 10.0. The molecule has 1 unspecified atom stereocenters. The summed E-state index contributed by atoms with van der Waals surface area (Å²) in [7, 11) is 1.52. The highest BCUT2D eigenvalue weighted by Gasteiger charge is 2.22. The highest BCUT2D eigenvalue weighted by atomic mass is 16.5. The topological polar surface area (TPSA) is 110 Å². The number of methoxy groups -OCH3 is 1. The summed E-state index contributed by atoms with van der Waals surface area (Å²) in [6.45, 7) is 4.96. The molecule has 160 valence electrons. The zero-order valence-electron chi connectivity index (χ0n) is 17.5. The number of nitrogen functional groups attached to an aromatic ring is 1. The summed E-state index contributed by atoms with van der Waals surface area (Å²) in [6, 6.07) is 7.24. The summed E-state index contributed by atoms with van der Waals surface area (Å²) in [6.07, 6.45) is 4.97. The second kappa shape index (κ2) is 10.2. The first kappa shape index (κ1) is 21.7. The zero-order chi connectivity index (χ0) is 21.5. The number of nitrogens with one attached hydrogen (secondary N) is 1. The molecule has 8 nitrogen and oxygen atoms in total. The lowest BCUT2D eigenvalue weighted by Gasteiger charge is -2.33. The van der Waals surface area contributed by atoms with Gasteiger partial charge in [-0.1, -0.05) is 19.1 Å². The van der Waals surface area contributed by atoms with Crippen molar-refractivity contribution < 1.29 is 14.3 Å². The van der Waals surface area contributed by atoms with Gasteiger partial charge in [0.2, 0.25) is 11.7 Å². The number of ether oxygens (including phenoxy) is 1. The Morgan fingerprint density at radius 3 is 2.73 bits per heavy atom. The molecular weight excluding hydrogens is 382 g/mol. The van der Waals surface area contributed by atoms with Crippen LogP contribution >= 0.6 is 0 Å². The van der Waals surface area contributed by atoms with Crippen molar-refractivity contribution in [2.75, 3.05) is 37.8 Å². The highest BCUT2D eigenvalue weighted by Crippen LogP contribution is 2.24. The molecule has 1 aromatic heterocycles. The van der Waals surface area contributed by atoms with E-state index in [0.717, 1.165) is 38.8 Å². The molecule has 1 aliphatic heterocycles. The van der Waals surface area contributed by atoms with Crippen molar-refractivity contribution >= 4 is 23.8 Å². The van der Waals surface area contributed by atoms with E-state index in [0.29, 0.717) is 29.6 Å². The first-order valence-electron chi connectivity index (χ1n) is 10.2. The first-order valence-corrected chi connectivity index (χ1v) is 10.2. The molecule has 8 heteroatoms. The van der Waals surface area contributed by atoms with Crippen LogP contribution in [0.5, 0.6) is 5.75 Å². The Bertz CT molecular complexity index is 881. The van der Waals surface area contributed by atoms with Gasteiger partial charge < -0.3 is 25.5 Å². The Labute approximate surface area is 176 Å². The maximum Gasteiger partial charge on any atom is 0.224 e. The van der Waals surface area contributed by atoms with Crippen molar-refractivity contribution in [2.45, 2.75) is 32.2 Å². The lowest BCUT2D eigenvalue weighted by molar-refractivity contribution is -0.108. The van der Waals surface area contributed by atoms with Crippen molar-refractivity contribution in [1.82, 2.24) is 14.9 Å². The van der Waals surface area contributed by atoms with Crippen LogP contribution in [-0.2, 0) is 4.79 Å². The number of hydrogen-bond acceptors (Lipinski definition) is 8. The molecule has 0 bridgehead atoms. The average molecular weight is 412 g/mol. The number of benzene rings is 1. The number of piperidine rings is 1. The van der Waals surface area contributed by atoms with Crippen molar-refractivity contribution in [3.05, 3.63) is 41.6 Å². The van der Waals surface area contributed by atoms with Gasteiger partial charge in [0, 0.05) is 38.3 Å². The van der Waals surface area contributed by atoms with E-state index in [1.807, 2.05) is 0 Å². The van der Waals surface area contributed by atoms with Gasteiger partial charge in [0.25, 0.3) is 0 Å².